The molecular formula is C26H21Cl2FN4S. The number of guanidine groups is 1. The van der Waals surface area contributed by atoms with Gasteiger partial charge in [0, 0.05) is 57.8 Å². The van der Waals surface area contributed by atoms with Gasteiger partial charge in [0.15, 0.2) is 0 Å². The lowest BCUT2D eigenvalue weighted by atomic mass is 9.98. The molecule has 4 nitrogen and oxygen atoms in total. The second-order valence-electron chi connectivity index (χ2n) is 7.34. The van der Waals surface area contributed by atoms with Gasteiger partial charge in [0.1, 0.15) is 5.82 Å². The molecule has 0 amide bonds. The minimum absolute atomic E-state index is 0.272. The Labute approximate surface area is 212 Å². The molecule has 0 spiro atoms. The number of hydrogen-bond donors (Lipinski definition) is 2. The van der Waals surface area contributed by atoms with Crippen LogP contribution in [0.15, 0.2) is 94.4 Å². The highest BCUT2D eigenvalue weighted by Gasteiger charge is 2.11. The minimum Gasteiger partial charge on any atom is -0.359 e. The van der Waals surface area contributed by atoms with Gasteiger partial charge < -0.3 is 10.6 Å². The third-order valence-electron chi connectivity index (χ3n) is 4.97. The summed E-state index contributed by atoms with van der Waals surface area (Å²) in [6.07, 6.45) is 1.84. The molecular weight excluding hydrogens is 490 g/mol. The summed E-state index contributed by atoms with van der Waals surface area (Å²) in [5, 5.41) is 7.69. The van der Waals surface area contributed by atoms with E-state index in [4.69, 9.17) is 28.2 Å². The second kappa shape index (κ2) is 11.4. The van der Waals surface area contributed by atoms with Gasteiger partial charge in [0.05, 0.1) is 5.69 Å². The Hall–Kier alpha value is -3.06. The number of benzene rings is 3. The number of aromatic nitrogens is 1. The molecule has 0 aliphatic carbocycles. The van der Waals surface area contributed by atoms with Crippen LogP contribution in [0.5, 0.6) is 0 Å². The van der Waals surface area contributed by atoms with E-state index in [2.05, 4.69) is 21.1 Å². The quantitative estimate of drug-likeness (QED) is 0.163. The van der Waals surface area contributed by atoms with Crippen molar-refractivity contribution < 1.29 is 4.39 Å². The Morgan fingerprint density at radius 3 is 2.15 bits per heavy atom. The number of rotatable bonds is 6. The average molecular weight is 511 g/mol. The molecule has 3 aromatic carbocycles. The molecule has 0 saturated carbocycles. The molecule has 0 radical (unpaired) electrons. The first-order valence-electron chi connectivity index (χ1n) is 10.4. The van der Waals surface area contributed by atoms with Crippen molar-refractivity contribution in [2.75, 3.05) is 7.05 Å². The number of halogens is 3. The third-order valence-corrected chi connectivity index (χ3v) is 6.23. The third kappa shape index (κ3) is 6.29. The van der Waals surface area contributed by atoms with Gasteiger partial charge in [0.25, 0.3) is 0 Å². The molecule has 0 aliphatic rings. The van der Waals surface area contributed by atoms with Crippen molar-refractivity contribution >= 4 is 41.1 Å². The highest BCUT2D eigenvalue weighted by Crippen LogP contribution is 2.32. The van der Waals surface area contributed by atoms with Crippen LogP contribution in [0.1, 0.15) is 5.56 Å². The second-order valence-corrected chi connectivity index (χ2v) is 9.05. The van der Waals surface area contributed by atoms with Crippen LogP contribution in [0.25, 0.3) is 22.4 Å². The number of pyridine rings is 1. The Balaban J connectivity index is 1.57. The summed E-state index contributed by atoms with van der Waals surface area (Å²) in [4.78, 5) is 5.61. The van der Waals surface area contributed by atoms with E-state index in [0.717, 1.165) is 32.8 Å². The van der Waals surface area contributed by atoms with Crippen molar-refractivity contribution in [2.45, 2.75) is 11.4 Å². The summed E-state index contributed by atoms with van der Waals surface area (Å²) in [5.41, 5.74) is 4.82. The molecule has 0 unspecified atom stereocenters. The standard InChI is InChI=1S/C26H21Cl2FN4S/c1-30-26(33-34-23-12-10-22(29)11-13-23)32-16-17-14-24(18-2-6-20(27)7-3-18)25(31-15-17)19-4-8-21(28)9-5-19/h2-15H,16H2,1H3,(H2,30,32,33). The van der Waals surface area contributed by atoms with E-state index in [1.54, 1.807) is 19.2 Å². The molecule has 0 atom stereocenters. The smallest absolute Gasteiger partial charge is 0.203 e. The zero-order valence-electron chi connectivity index (χ0n) is 18.2. The van der Waals surface area contributed by atoms with Crippen molar-refractivity contribution in [3.05, 3.63) is 106 Å². The van der Waals surface area contributed by atoms with Crippen LogP contribution in [0.3, 0.4) is 0 Å². The number of nitrogens with one attached hydrogen (secondary N) is 2. The largest absolute Gasteiger partial charge is 0.359 e. The van der Waals surface area contributed by atoms with E-state index >= 15 is 0 Å². The molecule has 0 saturated heterocycles. The maximum absolute atomic E-state index is 13.1. The Morgan fingerprint density at radius 2 is 1.53 bits per heavy atom. The van der Waals surface area contributed by atoms with Gasteiger partial charge in [-0.2, -0.15) is 4.40 Å². The van der Waals surface area contributed by atoms with E-state index < -0.39 is 0 Å². The lowest BCUT2D eigenvalue weighted by Gasteiger charge is -2.14. The van der Waals surface area contributed by atoms with Crippen molar-refractivity contribution in [1.82, 2.24) is 15.6 Å². The maximum Gasteiger partial charge on any atom is 0.203 e. The van der Waals surface area contributed by atoms with Gasteiger partial charge >= 0.3 is 0 Å². The van der Waals surface area contributed by atoms with E-state index in [0.29, 0.717) is 22.5 Å². The van der Waals surface area contributed by atoms with Crippen molar-refractivity contribution in [3.8, 4) is 22.4 Å². The predicted octanol–water partition coefficient (Wildman–Crippen LogP) is 7.23. The highest BCUT2D eigenvalue weighted by atomic mass is 35.5. The lowest BCUT2D eigenvalue weighted by Crippen LogP contribution is -2.33. The first-order valence-corrected chi connectivity index (χ1v) is 12.0. The van der Waals surface area contributed by atoms with Crippen LogP contribution in [-0.4, -0.2) is 18.0 Å². The van der Waals surface area contributed by atoms with Crippen LogP contribution >= 0.6 is 35.1 Å². The molecule has 2 N–H and O–H groups in total. The van der Waals surface area contributed by atoms with E-state index in [1.165, 1.54) is 24.1 Å². The van der Waals surface area contributed by atoms with Gasteiger partial charge in [-0.1, -0.05) is 47.5 Å². The summed E-state index contributed by atoms with van der Waals surface area (Å²) >= 11 is 13.4. The van der Waals surface area contributed by atoms with Gasteiger partial charge in [0.2, 0.25) is 5.96 Å². The number of hydrogen-bond acceptors (Lipinski definition) is 3. The summed E-state index contributed by atoms with van der Waals surface area (Å²) < 4.78 is 17.6. The molecule has 1 heterocycles. The Morgan fingerprint density at radius 1 is 0.912 bits per heavy atom. The molecule has 34 heavy (non-hydrogen) atoms. The topological polar surface area (TPSA) is 49.3 Å². The predicted molar refractivity (Wildman–Crippen MR) is 141 cm³/mol. The Kier molecular flexibility index (Phi) is 8.06. The van der Waals surface area contributed by atoms with Crippen LogP contribution < -0.4 is 10.6 Å². The molecule has 4 aromatic rings. The van der Waals surface area contributed by atoms with Gasteiger partial charge in [-0.15, -0.1) is 0 Å². The van der Waals surface area contributed by atoms with Crippen molar-refractivity contribution in [3.63, 3.8) is 0 Å². The highest BCUT2D eigenvalue weighted by molar-refractivity contribution is 7.98. The van der Waals surface area contributed by atoms with E-state index in [9.17, 15) is 4.39 Å². The first-order chi connectivity index (χ1) is 16.5. The van der Waals surface area contributed by atoms with Gasteiger partial charge in [-0.3, -0.25) is 4.98 Å². The van der Waals surface area contributed by atoms with Gasteiger partial charge in [-0.05, 0) is 65.7 Å². The fraction of sp³-hybridized carbons (Fsp3) is 0.0769. The van der Waals surface area contributed by atoms with Gasteiger partial charge in [-0.25, -0.2) is 4.39 Å². The monoisotopic (exact) mass is 510 g/mol. The van der Waals surface area contributed by atoms with Crippen molar-refractivity contribution in [1.29, 1.82) is 0 Å². The summed E-state index contributed by atoms with van der Waals surface area (Å²) in [6.45, 7) is 0.512. The van der Waals surface area contributed by atoms with E-state index in [1.807, 2.05) is 54.7 Å². The first kappa shape index (κ1) is 24.1. The fourth-order valence-electron chi connectivity index (χ4n) is 3.24. The average Bonchev–Trinajstić information content (AvgIpc) is 2.86. The van der Waals surface area contributed by atoms with Crippen LogP contribution in [0.2, 0.25) is 10.0 Å². The zero-order chi connectivity index (χ0) is 23.9. The van der Waals surface area contributed by atoms with E-state index in [-0.39, 0.29) is 5.82 Å². The molecule has 1 aromatic heterocycles. The fourth-order valence-corrected chi connectivity index (χ4v) is 4.10. The SMILES string of the molecule is CN/C(=N\Sc1ccc(F)cc1)NCc1cnc(-c2ccc(Cl)cc2)c(-c2ccc(Cl)cc2)c1. The van der Waals surface area contributed by atoms with Crippen LogP contribution in [0, 0.1) is 5.82 Å². The molecule has 0 bridgehead atoms. The zero-order valence-corrected chi connectivity index (χ0v) is 20.6. The summed E-state index contributed by atoms with van der Waals surface area (Å²) in [6, 6.07) is 23.6. The lowest BCUT2D eigenvalue weighted by molar-refractivity contribution is 0.626. The summed E-state index contributed by atoms with van der Waals surface area (Å²) in [7, 11) is 1.79. The maximum atomic E-state index is 13.1. The molecule has 0 fully saturated rings. The minimum atomic E-state index is -0.272. The van der Waals surface area contributed by atoms with Crippen molar-refractivity contribution in [2.24, 2.45) is 4.40 Å². The Bertz CT molecular complexity index is 1280. The number of nitrogens with zero attached hydrogens (tertiary/aromatic N) is 2. The summed E-state index contributed by atoms with van der Waals surface area (Å²) in [5.74, 6) is 0.329. The molecule has 8 heteroatoms. The molecule has 4 rings (SSSR count). The normalized spacial score (nSPS) is 11.4. The molecule has 172 valence electrons. The van der Waals surface area contributed by atoms with Crippen LogP contribution in [0.4, 0.5) is 4.39 Å². The van der Waals surface area contributed by atoms with Crippen LogP contribution in [-0.2, 0) is 6.54 Å². The molecule has 0 aliphatic heterocycles.